The number of esters is 1. The van der Waals surface area contributed by atoms with Crippen LogP contribution in [0.1, 0.15) is 31.0 Å². The van der Waals surface area contributed by atoms with Crippen molar-refractivity contribution in [3.05, 3.63) is 97.2 Å². The Hall–Kier alpha value is -4.11. The lowest BCUT2D eigenvalue weighted by Crippen LogP contribution is -2.39. The molecule has 36 heavy (non-hydrogen) atoms. The molecule has 0 fully saturated rings. The van der Waals surface area contributed by atoms with Gasteiger partial charge >= 0.3 is 5.97 Å². The van der Waals surface area contributed by atoms with E-state index >= 15 is 0 Å². The predicted octanol–water partition coefficient (Wildman–Crippen LogP) is 3.08. The van der Waals surface area contributed by atoms with Gasteiger partial charge in [-0.2, -0.15) is 0 Å². The summed E-state index contributed by atoms with van der Waals surface area (Å²) in [6.07, 6.45) is 3.36. The molecule has 0 amide bonds. The van der Waals surface area contributed by atoms with E-state index in [-0.39, 0.29) is 17.9 Å². The third kappa shape index (κ3) is 4.83. The highest BCUT2D eigenvalue weighted by molar-refractivity contribution is 7.07. The molecule has 0 radical (unpaired) electrons. The van der Waals surface area contributed by atoms with Gasteiger partial charge in [0.2, 0.25) is 0 Å². The Bertz CT molecular complexity index is 1520. The van der Waals surface area contributed by atoms with Crippen molar-refractivity contribution in [1.82, 2.24) is 4.57 Å². The Morgan fingerprint density at radius 2 is 2.00 bits per heavy atom. The van der Waals surface area contributed by atoms with E-state index in [1.54, 1.807) is 50.3 Å². The van der Waals surface area contributed by atoms with Crippen LogP contribution in [0.5, 0.6) is 17.2 Å². The van der Waals surface area contributed by atoms with E-state index in [0.717, 1.165) is 5.56 Å². The van der Waals surface area contributed by atoms with Gasteiger partial charge < -0.3 is 19.3 Å². The number of benzene rings is 2. The molecule has 2 aromatic carbocycles. The van der Waals surface area contributed by atoms with Crippen LogP contribution in [-0.2, 0) is 9.53 Å². The molecule has 2 heterocycles. The lowest BCUT2D eigenvalue weighted by Gasteiger charge is -2.24. The third-order valence-electron chi connectivity index (χ3n) is 5.58. The minimum atomic E-state index is -0.717. The standard InChI is InChI=1S/C27H26N2O6S/c1-5-13-35-19-10-8-18(9-11-19)24-23(26(32)34-6-2)16(3)28-27-29(24)25(31)22(36-27)15-17-7-12-20(30)21(14-17)33-4/h5,7-12,14-15,24,30H,1,6,13H2,2-4H3/b22-15-/t24-/m1/s1. The smallest absolute Gasteiger partial charge is 0.338 e. The van der Waals surface area contributed by atoms with Crippen molar-refractivity contribution in [3.63, 3.8) is 0 Å². The fraction of sp³-hybridized carbons (Fsp3) is 0.222. The highest BCUT2D eigenvalue weighted by atomic mass is 32.1. The first-order valence-corrected chi connectivity index (χ1v) is 12.1. The van der Waals surface area contributed by atoms with Gasteiger partial charge in [-0.25, -0.2) is 9.79 Å². The van der Waals surface area contributed by atoms with Crippen LogP contribution in [0.3, 0.4) is 0 Å². The molecule has 1 atom stereocenters. The minimum absolute atomic E-state index is 0.00586. The number of allylic oxidation sites excluding steroid dienone is 1. The number of rotatable bonds is 8. The molecule has 0 aliphatic carbocycles. The van der Waals surface area contributed by atoms with Crippen molar-refractivity contribution in [2.24, 2.45) is 4.99 Å². The zero-order chi connectivity index (χ0) is 25.8. The van der Waals surface area contributed by atoms with Crippen molar-refractivity contribution in [3.8, 4) is 17.2 Å². The average molecular weight is 507 g/mol. The van der Waals surface area contributed by atoms with Gasteiger partial charge in [-0.05, 0) is 55.3 Å². The van der Waals surface area contributed by atoms with Crippen LogP contribution in [0.2, 0.25) is 0 Å². The van der Waals surface area contributed by atoms with E-state index in [1.807, 2.05) is 12.1 Å². The van der Waals surface area contributed by atoms with Crippen molar-refractivity contribution < 1.29 is 24.1 Å². The molecule has 0 saturated heterocycles. The maximum absolute atomic E-state index is 13.7. The van der Waals surface area contributed by atoms with Crippen molar-refractivity contribution in [2.45, 2.75) is 19.9 Å². The molecule has 8 nitrogen and oxygen atoms in total. The van der Waals surface area contributed by atoms with Crippen LogP contribution in [0.15, 0.2) is 76.2 Å². The van der Waals surface area contributed by atoms with Crippen molar-refractivity contribution >= 4 is 23.4 Å². The number of aromatic hydroxyl groups is 1. The van der Waals surface area contributed by atoms with Crippen LogP contribution in [0, 0.1) is 0 Å². The number of hydrogen-bond donors (Lipinski definition) is 1. The number of phenols is 1. The Balaban J connectivity index is 1.88. The Morgan fingerprint density at radius 3 is 2.67 bits per heavy atom. The second kappa shape index (κ2) is 10.7. The number of ether oxygens (including phenoxy) is 3. The van der Waals surface area contributed by atoms with Crippen LogP contribution >= 0.6 is 11.3 Å². The molecule has 0 unspecified atom stereocenters. The fourth-order valence-corrected chi connectivity index (χ4v) is 4.99. The highest BCUT2D eigenvalue weighted by Gasteiger charge is 2.33. The number of carbonyl (C=O) groups is 1. The summed E-state index contributed by atoms with van der Waals surface area (Å²) in [6, 6.07) is 11.3. The van der Waals surface area contributed by atoms with Crippen LogP contribution in [0.4, 0.5) is 0 Å². The summed E-state index contributed by atoms with van der Waals surface area (Å²) in [4.78, 5) is 31.7. The summed E-state index contributed by atoms with van der Waals surface area (Å²) in [6.45, 7) is 7.68. The molecular weight excluding hydrogens is 480 g/mol. The molecule has 9 heteroatoms. The number of methoxy groups -OCH3 is 1. The molecule has 1 aromatic heterocycles. The number of phenolic OH excluding ortho intramolecular Hbond substituents is 1. The van der Waals surface area contributed by atoms with Gasteiger partial charge in [-0.3, -0.25) is 9.36 Å². The zero-order valence-electron chi connectivity index (χ0n) is 20.2. The van der Waals surface area contributed by atoms with E-state index in [4.69, 9.17) is 14.2 Å². The number of aromatic nitrogens is 1. The first kappa shape index (κ1) is 25.0. The third-order valence-corrected chi connectivity index (χ3v) is 6.57. The van der Waals surface area contributed by atoms with Crippen LogP contribution in [0.25, 0.3) is 6.08 Å². The normalized spacial score (nSPS) is 15.2. The summed E-state index contributed by atoms with van der Waals surface area (Å²) in [5, 5.41) is 9.89. The first-order valence-electron chi connectivity index (χ1n) is 11.3. The fourth-order valence-electron chi connectivity index (χ4n) is 3.94. The molecule has 0 spiro atoms. The highest BCUT2D eigenvalue weighted by Crippen LogP contribution is 2.32. The van der Waals surface area contributed by atoms with Crippen LogP contribution in [-0.4, -0.2) is 36.0 Å². The largest absolute Gasteiger partial charge is 0.504 e. The maximum atomic E-state index is 13.7. The Morgan fingerprint density at radius 1 is 1.25 bits per heavy atom. The maximum Gasteiger partial charge on any atom is 0.338 e. The van der Waals surface area contributed by atoms with Crippen molar-refractivity contribution in [2.75, 3.05) is 20.3 Å². The average Bonchev–Trinajstić information content (AvgIpc) is 3.17. The Labute approximate surface area is 211 Å². The van der Waals surface area contributed by atoms with E-state index < -0.39 is 12.0 Å². The van der Waals surface area contributed by atoms with Gasteiger partial charge in [0.15, 0.2) is 16.3 Å². The minimum Gasteiger partial charge on any atom is -0.504 e. The number of thiazole rings is 1. The molecule has 3 aromatic rings. The summed E-state index contributed by atoms with van der Waals surface area (Å²) in [5.74, 6) is 0.430. The molecule has 1 N–H and O–H groups in total. The summed E-state index contributed by atoms with van der Waals surface area (Å²) in [7, 11) is 1.46. The van der Waals surface area contributed by atoms with Gasteiger partial charge in [-0.1, -0.05) is 42.2 Å². The molecule has 1 aliphatic rings. The number of nitrogens with zero attached hydrogens (tertiary/aromatic N) is 2. The zero-order valence-corrected chi connectivity index (χ0v) is 21.0. The van der Waals surface area contributed by atoms with E-state index in [0.29, 0.717) is 44.3 Å². The molecule has 0 saturated carbocycles. The summed E-state index contributed by atoms with van der Waals surface area (Å²) >= 11 is 1.22. The summed E-state index contributed by atoms with van der Waals surface area (Å²) in [5.41, 5.74) is 1.90. The lowest BCUT2D eigenvalue weighted by atomic mass is 9.96. The quantitative estimate of drug-likeness (QED) is 0.372. The van der Waals surface area contributed by atoms with Gasteiger partial charge in [0.25, 0.3) is 5.56 Å². The van der Waals surface area contributed by atoms with Gasteiger partial charge in [0.05, 0.1) is 35.6 Å². The molecule has 186 valence electrons. The summed E-state index contributed by atoms with van der Waals surface area (Å²) < 4.78 is 18.0. The van der Waals surface area contributed by atoms with Crippen molar-refractivity contribution in [1.29, 1.82) is 0 Å². The van der Waals surface area contributed by atoms with Gasteiger partial charge in [0, 0.05) is 0 Å². The number of carbonyl (C=O) groups excluding carboxylic acids is 1. The SMILES string of the molecule is C=CCOc1ccc([C@@H]2C(C(=O)OCC)=C(C)N=c3s/c(=C\c4ccc(O)c(OC)c4)c(=O)n32)cc1. The van der Waals surface area contributed by atoms with E-state index in [2.05, 4.69) is 11.6 Å². The number of fused-ring (bicyclic) bond motifs is 1. The van der Waals surface area contributed by atoms with Gasteiger partial charge in [-0.15, -0.1) is 0 Å². The molecule has 0 bridgehead atoms. The topological polar surface area (TPSA) is 99.4 Å². The second-order valence-electron chi connectivity index (χ2n) is 7.90. The molecule has 1 aliphatic heterocycles. The number of hydrogen-bond acceptors (Lipinski definition) is 8. The van der Waals surface area contributed by atoms with E-state index in [1.165, 1.54) is 29.1 Å². The second-order valence-corrected chi connectivity index (χ2v) is 8.91. The predicted molar refractivity (Wildman–Crippen MR) is 137 cm³/mol. The molecular formula is C27H26N2O6S. The Kier molecular flexibility index (Phi) is 7.40. The van der Waals surface area contributed by atoms with Crippen LogP contribution < -0.4 is 24.4 Å². The molecule has 4 rings (SSSR count). The first-order chi connectivity index (χ1) is 17.4. The monoisotopic (exact) mass is 506 g/mol. The van der Waals surface area contributed by atoms with Gasteiger partial charge in [0.1, 0.15) is 12.4 Å². The lowest BCUT2D eigenvalue weighted by molar-refractivity contribution is -0.139. The van der Waals surface area contributed by atoms with E-state index in [9.17, 15) is 14.7 Å².